The quantitative estimate of drug-likeness (QED) is 0.572. The number of guanidine groups is 1. The van der Waals surface area contributed by atoms with E-state index in [-0.39, 0.29) is 12.1 Å². The molecule has 0 amide bonds. The first-order chi connectivity index (χ1) is 14.2. The molecule has 2 aliphatic rings. The Kier molecular flexibility index (Phi) is 6.08. The van der Waals surface area contributed by atoms with Gasteiger partial charge in [0.1, 0.15) is 17.2 Å². The molecule has 1 aliphatic heterocycles. The fourth-order valence-electron chi connectivity index (χ4n) is 3.97. The van der Waals surface area contributed by atoms with Gasteiger partial charge in [0, 0.05) is 23.6 Å². The highest BCUT2D eigenvalue weighted by molar-refractivity contribution is 5.78. The van der Waals surface area contributed by atoms with Gasteiger partial charge in [0.05, 0.1) is 32.4 Å². The van der Waals surface area contributed by atoms with Crippen molar-refractivity contribution in [1.29, 1.82) is 0 Å². The Labute approximate surface area is 172 Å². The maximum atomic E-state index is 6.25. The van der Waals surface area contributed by atoms with Gasteiger partial charge in [-0.25, -0.2) is 4.99 Å². The summed E-state index contributed by atoms with van der Waals surface area (Å²) in [6, 6.07) is 14.0. The lowest BCUT2D eigenvalue weighted by Gasteiger charge is -2.27. The average Bonchev–Trinajstić information content (AvgIpc) is 3.26. The van der Waals surface area contributed by atoms with Crippen LogP contribution < -0.4 is 25.3 Å². The number of fused-ring (bicyclic) bond motifs is 1. The van der Waals surface area contributed by atoms with Crippen molar-refractivity contribution in [3.63, 3.8) is 0 Å². The molecular formula is C23H29N3O3. The zero-order valence-electron chi connectivity index (χ0n) is 16.9. The van der Waals surface area contributed by atoms with E-state index in [1.807, 2.05) is 36.4 Å². The molecule has 2 aromatic rings. The van der Waals surface area contributed by atoms with Crippen molar-refractivity contribution >= 4 is 5.96 Å². The summed E-state index contributed by atoms with van der Waals surface area (Å²) in [5.74, 6) is 2.96. The van der Waals surface area contributed by atoms with Crippen LogP contribution in [0.3, 0.4) is 0 Å². The predicted octanol–water partition coefficient (Wildman–Crippen LogP) is 3.94. The number of rotatable bonds is 6. The molecule has 29 heavy (non-hydrogen) atoms. The number of nitrogens with two attached hydrogens (primary N) is 1. The van der Waals surface area contributed by atoms with Crippen LogP contribution in [0.4, 0.5) is 0 Å². The van der Waals surface area contributed by atoms with Gasteiger partial charge in [-0.2, -0.15) is 0 Å². The largest absolute Gasteiger partial charge is 0.497 e. The standard InChI is InChI=1S/C23H29N3O3/c1-27-18-11-10-16(22(14-18)29-17-6-2-3-7-17)15-25-23(24)26-20-12-13-28-21-9-5-4-8-19(20)21/h4-5,8-11,14,17,20H,2-3,6-7,12-13,15H2,1H3,(H3,24,25,26). The lowest BCUT2D eigenvalue weighted by atomic mass is 10.0. The summed E-state index contributed by atoms with van der Waals surface area (Å²) in [7, 11) is 1.67. The normalized spacial score (nSPS) is 19.3. The van der Waals surface area contributed by atoms with Crippen LogP contribution in [0.2, 0.25) is 0 Å². The first-order valence-electron chi connectivity index (χ1n) is 10.3. The van der Waals surface area contributed by atoms with E-state index < -0.39 is 0 Å². The van der Waals surface area contributed by atoms with Crippen molar-refractivity contribution in [2.45, 2.75) is 50.8 Å². The van der Waals surface area contributed by atoms with E-state index in [1.165, 1.54) is 12.8 Å². The number of nitrogens with one attached hydrogen (secondary N) is 1. The zero-order valence-corrected chi connectivity index (χ0v) is 16.9. The van der Waals surface area contributed by atoms with Gasteiger partial charge in [0.2, 0.25) is 0 Å². The van der Waals surface area contributed by atoms with Crippen molar-refractivity contribution in [3.05, 3.63) is 53.6 Å². The molecule has 4 rings (SSSR count). The van der Waals surface area contributed by atoms with E-state index >= 15 is 0 Å². The lowest BCUT2D eigenvalue weighted by Crippen LogP contribution is -2.37. The lowest BCUT2D eigenvalue weighted by molar-refractivity contribution is 0.207. The maximum Gasteiger partial charge on any atom is 0.189 e. The van der Waals surface area contributed by atoms with E-state index in [1.54, 1.807) is 7.11 Å². The predicted molar refractivity (Wildman–Crippen MR) is 114 cm³/mol. The fraction of sp³-hybridized carbons (Fsp3) is 0.435. The highest BCUT2D eigenvalue weighted by atomic mass is 16.5. The Balaban J connectivity index is 1.45. The Morgan fingerprint density at radius 2 is 2.00 bits per heavy atom. The molecule has 1 aliphatic carbocycles. The molecule has 6 heteroatoms. The summed E-state index contributed by atoms with van der Waals surface area (Å²) < 4.78 is 17.3. The number of ether oxygens (including phenoxy) is 3. The molecule has 1 heterocycles. The van der Waals surface area contributed by atoms with Crippen LogP contribution in [-0.2, 0) is 6.54 Å². The van der Waals surface area contributed by atoms with Crippen LogP contribution in [0.5, 0.6) is 17.2 Å². The smallest absolute Gasteiger partial charge is 0.189 e. The molecule has 0 bridgehead atoms. The minimum atomic E-state index is 0.105. The highest BCUT2D eigenvalue weighted by Crippen LogP contribution is 2.32. The first-order valence-corrected chi connectivity index (χ1v) is 10.3. The summed E-state index contributed by atoms with van der Waals surface area (Å²) in [4.78, 5) is 4.57. The van der Waals surface area contributed by atoms with Gasteiger partial charge in [-0.1, -0.05) is 18.2 Å². The molecule has 154 valence electrons. The second-order valence-electron chi connectivity index (χ2n) is 7.57. The average molecular weight is 396 g/mol. The third-order valence-electron chi connectivity index (χ3n) is 5.57. The maximum absolute atomic E-state index is 6.25. The zero-order chi connectivity index (χ0) is 20.1. The Bertz CT molecular complexity index is 862. The number of para-hydroxylation sites is 1. The first kappa shape index (κ1) is 19.4. The van der Waals surface area contributed by atoms with E-state index in [0.717, 1.165) is 47.6 Å². The molecular weight excluding hydrogens is 366 g/mol. The number of aliphatic imine (C=N–C) groups is 1. The van der Waals surface area contributed by atoms with Gasteiger partial charge in [-0.3, -0.25) is 0 Å². The topological polar surface area (TPSA) is 78.1 Å². The molecule has 6 nitrogen and oxygen atoms in total. The van der Waals surface area contributed by atoms with Crippen molar-refractivity contribution in [2.75, 3.05) is 13.7 Å². The van der Waals surface area contributed by atoms with E-state index in [0.29, 0.717) is 19.1 Å². The second kappa shape index (κ2) is 9.07. The van der Waals surface area contributed by atoms with E-state index in [2.05, 4.69) is 16.4 Å². The van der Waals surface area contributed by atoms with Crippen LogP contribution in [-0.4, -0.2) is 25.8 Å². The Morgan fingerprint density at radius 1 is 1.17 bits per heavy atom. The molecule has 2 aromatic carbocycles. The van der Waals surface area contributed by atoms with Crippen LogP contribution in [0.15, 0.2) is 47.5 Å². The summed E-state index contributed by atoms with van der Waals surface area (Å²) in [5, 5.41) is 3.34. The summed E-state index contributed by atoms with van der Waals surface area (Å²) in [6.45, 7) is 1.12. The number of nitrogens with zero attached hydrogens (tertiary/aromatic N) is 1. The molecule has 0 radical (unpaired) electrons. The Morgan fingerprint density at radius 3 is 2.83 bits per heavy atom. The van der Waals surface area contributed by atoms with Crippen molar-refractivity contribution in [3.8, 4) is 17.2 Å². The van der Waals surface area contributed by atoms with Crippen LogP contribution in [0.25, 0.3) is 0 Å². The molecule has 3 N–H and O–H groups in total. The highest BCUT2D eigenvalue weighted by Gasteiger charge is 2.21. The number of methoxy groups -OCH3 is 1. The second-order valence-corrected chi connectivity index (χ2v) is 7.57. The number of benzene rings is 2. The van der Waals surface area contributed by atoms with Gasteiger partial charge < -0.3 is 25.3 Å². The molecule has 0 aromatic heterocycles. The molecule has 0 saturated heterocycles. The van der Waals surface area contributed by atoms with Gasteiger partial charge in [0.15, 0.2) is 5.96 Å². The van der Waals surface area contributed by atoms with Crippen LogP contribution in [0, 0.1) is 0 Å². The van der Waals surface area contributed by atoms with Crippen molar-refractivity contribution in [1.82, 2.24) is 5.32 Å². The van der Waals surface area contributed by atoms with Crippen molar-refractivity contribution < 1.29 is 14.2 Å². The molecule has 0 spiro atoms. The van der Waals surface area contributed by atoms with Gasteiger partial charge >= 0.3 is 0 Å². The summed E-state index contributed by atoms with van der Waals surface area (Å²) in [5.41, 5.74) is 8.34. The van der Waals surface area contributed by atoms with Crippen molar-refractivity contribution in [2.24, 2.45) is 10.7 Å². The van der Waals surface area contributed by atoms with Gasteiger partial charge in [-0.05, 0) is 43.9 Å². The number of hydrogen-bond donors (Lipinski definition) is 2. The van der Waals surface area contributed by atoms with Crippen LogP contribution >= 0.6 is 0 Å². The SMILES string of the molecule is COc1ccc(CN=C(N)NC2CCOc3ccccc32)c(OC2CCCC2)c1. The fourth-order valence-corrected chi connectivity index (χ4v) is 3.97. The molecule has 1 atom stereocenters. The third kappa shape index (κ3) is 4.75. The molecule has 1 unspecified atom stereocenters. The van der Waals surface area contributed by atoms with Gasteiger partial charge in [-0.15, -0.1) is 0 Å². The summed E-state index contributed by atoms with van der Waals surface area (Å²) >= 11 is 0. The summed E-state index contributed by atoms with van der Waals surface area (Å²) in [6.07, 6.45) is 5.79. The third-order valence-corrected chi connectivity index (χ3v) is 5.57. The minimum Gasteiger partial charge on any atom is -0.497 e. The van der Waals surface area contributed by atoms with Crippen LogP contribution in [0.1, 0.15) is 49.3 Å². The Hall–Kier alpha value is -2.89. The van der Waals surface area contributed by atoms with E-state index in [4.69, 9.17) is 19.9 Å². The molecule has 1 saturated carbocycles. The monoisotopic (exact) mass is 395 g/mol. The molecule has 1 fully saturated rings. The number of hydrogen-bond acceptors (Lipinski definition) is 4. The van der Waals surface area contributed by atoms with Gasteiger partial charge in [0.25, 0.3) is 0 Å². The minimum absolute atomic E-state index is 0.105. The van der Waals surface area contributed by atoms with E-state index in [9.17, 15) is 0 Å².